The van der Waals surface area contributed by atoms with Crippen molar-refractivity contribution in [1.29, 1.82) is 0 Å². The molecule has 100 valence electrons. The molecule has 1 aromatic heterocycles. The fourth-order valence-corrected chi connectivity index (χ4v) is 2.36. The number of carbonyl (C=O) groups excluding carboxylic acids is 1. The van der Waals surface area contributed by atoms with E-state index in [1.807, 2.05) is 6.92 Å². The van der Waals surface area contributed by atoms with Crippen LogP contribution in [0.5, 0.6) is 0 Å². The number of carbonyl (C=O) groups is 1. The summed E-state index contributed by atoms with van der Waals surface area (Å²) in [5, 5.41) is 3.67. The van der Waals surface area contributed by atoms with Crippen molar-refractivity contribution >= 4 is 5.97 Å². The molecule has 0 saturated heterocycles. The highest BCUT2D eigenvalue weighted by molar-refractivity contribution is 5.84. The number of hydrogen-bond acceptors (Lipinski definition) is 6. The molecule has 1 heterocycles. The van der Waals surface area contributed by atoms with Gasteiger partial charge in [-0.05, 0) is 31.8 Å². The summed E-state index contributed by atoms with van der Waals surface area (Å²) in [5.41, 5.74) is 5.81. The molecule has 2 N–H and O–H groups in total. The van der Waals surface area contributed by atoms with Crippen molar-refractivity contribution in [2.75, 3.05) is 6.61 Å². The lowest BCUT2D eigenvalue weighted by Crippen LogP contribution is -2.45. The van der Waals surface area contributed by atoms with Crippen LogP contribution in [0.25, 0.3) is 0 Å². The lowest BCUT2D eigenvalue weighted by molar-refractivity contribution is 0.0508. The number of nitrogens with two attached hydrogens (primary N) is 1. The molecular formula is C12H19N3O3. The third-order valence-electron chi connectivity index (χ3n) is 3.65. The van der Waals surface area contributed by atoms with E-state index in [-0.39, 0.29) is 17.3 Å². The van der Waals surface area contributed by atoms with E-state index >= 15 is 0 Å². The summed E-state index contributed by atoms with van der Waals surface area (Å²) in [4.78, 5) is 15.6. The summed E-state index contributed by atoms with van der Waals surface area (Å²) in [5.74, 6) is -0.135. The van der Waals surface area contributed by atoms with Gasteiger partial charge in [-0.2, -0.15) is 4.98 Å². The van der Waals surface area contributed by atoms with Gasteiger partial charge in [0.15, 0.2) is 0 Å². The SMILES string of the molecule is CCOC(=O)c1noc(C2(C)CCCCC2N)n1. The van der Waals surface area contributed by atoms with Gasteiger partial charge in [-0.15, -0.1) is 0 Å². The van der Waals surface area contributed by atoms with E-state index < -0.39 is 5.97 Å². The smallest absolute Gasteiger partial charge is 0.379 e. The quantitative estimate of drug-likeness (QED) is 0.819. The molecule has 18 heavy (non-hydrogen) atoms. The topological polar surface area (TPSA) is 91.2 Å². The van der Waals surface area contributed by atoms with Gasteiger partial charge in [0, 0.05) is 6.04 Å². The van der Waals surface area contributed by atoms with Crippen LogP contribution in [0.4, 0.5) is 0 Å². The Morgan fingerprint density at radius 2 is 2.39 bits per heavy atom. The molecule has 2 unspecified atom stereocenters. The van der Waals surface area contributed by atoms with Gasteiger partial charge in [0.1, 0.15) is 0 Å². The maximum Gasteiger partial charge on any atom is 0.379 e. The van der Waals surface area contributed by atoms with Gasteiger partial charge in [0.25, 0.3) is 5.82 Å². The Kier molecular flexibility index (Phi) is 3.65. The van der Waals surface area contributed by atoms with Gasteiger partial charge in [0.2, 0.25) is 5.89 Å². The number of aromatic nitrogens is 2. The Hall–Kier alpha value is -1.43. The minimum absolute atomic E-state index is 0.0123. The second-order valence-corrected chi connectivity index (χ2v) is 4.91. The zero-order valence-corrected chi connectivity index (χ0v) is 10.8. The highest BCUT2D eigenvalue weighted by Crippen LogP contribution is 2.37. The summed E-state index contributed by atoms with van der Waals surface area (Å²) in [6, 6.07) is -0.0123. The van der Waals surface area contributed by atoms with Crippen LogP contribution >= 0.6 is 0 Å². The average Bonchev–Trinajstić information content (AvgIpc) is 2.83. The van der Waals surface area contributed by atoms with Crippen LogP contribution in [0.3, 0.4) is 0 Å². The normalized spacial score (nSPS) is 28.1. The number of hydrogen-bond donors (Lipinski definition) is 1. The van der Waals surface area contributed by atoms with E-state index in [0.29, 0.717) is 12.5 Å². The van der Waals surface area contributed by atoms with Gasteiger partial charge in [-0.3, -0.25) is 0 Å². The Labute approximate surface area is 106 Å². The van der Waals surface area contributed by atoms with E-state index in [1.54, 1.807) is 6.92 Å². The maximum absolute atomic E-state index is 11.5. The molecular weight excluding hydrogens is 234 g/mol. The van der Waals surface area contributed by atoms with Gasteiger partial charge in [-0.25, -0.2) is 4.79 Å². The minimum atomic E-state index is -0.555. The van der Waals surface area contributed by atoms with Crippen LogP contribution in [0.2, 0.25) is 0 Å². The predicted molar refractivity (Wildman–Crippen MR) is 64.0 cm³/mol. The fourth-order valence-electron chi connectivity index (χ4n) is 2.36. The third-order valence-corrected chi connectivity index (χ3v) is 3.65. The molecule has 1 aromatic rings. The first kappa shape index (κ1) is 13.0. The predicted octanol–water partition coefficient (Wildman–Crippen LogP) is 1.41. The van der Waals surface area contributed by atoms with Gasteiger partial charge < -0.3 is 15.0 Å². The lowest BCUT2D eigenvalue weighted by atomic mass is 9.72. The zero-order valence-electron chi connectivity index (χ0n) is 10.8. The van der Waals surface area contributed by atoms with E-state index in [9.17, 15) is 4.79 Å². The largest absolute Gasteiger partial charge is 0.460 e. The standard InChI is InChI=1S/C12H19N3O3/c1-3-17-10(16)9-14-11(18-15-9)12(2)7-5-4-6-8(12)13/h8H,3-7,13H2,1-2H3. The molecule has 1 fully saturated rings. The van der Waals surface area contributed by atoms with Crippen LogP contribution in [0.1, 0.15) is 56.0 Å². The molecule has 0 spiro atoms. The molecule has 6 heteroatoms. The molecule has 1 aliphatic rings. The number of esters is 1. The molecule has 0 aliphatic heterocycles. The first-order chi connectivity index (χ1) is 8.58. The lowest BCUT2D eigenvalue weighted by Gasteiger charge is -2.35. The molecule has 0 bridgehead atoms. The zero-order chi connectivity index (χ0) is 13.2. The monoisotopic (exact) mass is 253 g/mol. The molecule has 2 rings (SSSR count). The van der Waals surface area contributed by atoms with E-state index in [0.717, 1.165) is 25.7 Å². The van der Waals surface area contributed by atoms with Crippen molar-refractivity contribution in [1.82, 2.24) is 10.1 Å². The first-order valence-corrected chi connectivity index (χ1v) is 6.35. The Morgan fingerprint density at radius 3 is 3.06 bits per heavy atom. The molecule has 1 saturated carbocycles. The molecule has 2 atom stereocenters. The van der Waals surface area contributed by atoms with Crippen LogP contribution in [-0.2, 0) is 10.2 Å². The summed E-state index contributed by atoms with van der Waals surface area (Å²) in [6.07, 6.45) is 4.04. The second kappa shape index (κ2) is 5.06. The molecule has 0 aromatic carbocycles. The Bertz CT molecular complexity index is 432. The van der Waals surface area contributed by atoms with E-state index in [1.165, 1.54) is 0 Å². The Balaban J connectivity index is 2.20. The van der Waals surface area contributed by atoms with Crippen LogP contribution in [0.15, 0.2) is 4.52 Å². The van der Waals surface area contributed by atoms with E-state index in [4.69, 9.17) is 15.0 Å². The first-order valence-electron chi connectivity index (χ1n) is 6.35. The van der Waals surface area contributed by atoms with Gasteiger partial charge in [0.05, 0.1) is 12.0 Å². The highest BCUT2D eigenvalue weighted by Gasteiger charge is 2.41. The fraction of sp³-hybridized carbons (Fsp3) is 0.750. The molecule has 1 aliphatic carbocycles. The Morgan fingerprint density at radius 1 is 1.61 bits per heavy atom. The van der Waals surface area contributed by atoms with Crippen molar-refractivity contribution < 1.29 is 14.1 Å². The van der Waals surface area contributed by atoms with Crippen LogP contribution in [0, 0.1) is 0 Å². The number of nitrogens with zero attached hydrogens (tertiary/aromatic N) is 2. The van der Waals surface area contributed by atoms with E-state index in [2.05, 4.69) is 10.1 Å². The van der Waals surface area contributed by atoms with Crippen LogP contribution in [-0.4, -0.2) is 28.8 Å². The van der Waals surface area contributed by atoms with Crippen molar-refractivity contribution in [3.8, 4) is 0 Å². The minimum Gasteiger partial charge on any atom is -0.460 e. The molecule has 0 radical (unpaired) electrons. The average molecular weight is 253 g/mol. The van der Waals surface area contributed by atoms with Crippen molar-refractivity contribution in [2.45, 2.75) is 51.0 Å². The third kappa shape index (κ3) is 2.25. The van der Waals surface area contributed by atoms with Gasteiger partial charge in [-0.1, -0.05) is 12.8 Å². The second-order valence-electron chi connectivity index (χ2n) is 4.91. The summed E-state index contributed by atoms with van der Waals surface area (Å²) < 4.78 is 10.0. The van der Waals surface area contributed by atoms with Crippen LogP contribution < -0.4 is 5.73 Å². The van der Waals surface area contributed by atoms with Crippen molar-refractivity contribution in [3.63, 3.8) is 0 Å². The summed E-state index contributed by atoms with van der Waals surface area (Å²) in [7, 11) is 0. The highest BCUT2D eigenvalue weighted by atomic mass is 16.5. The summed E-state index contributed by atoms with van der Waals surface area (Å²) in [6.45, 7) is 4.04. The van der Waals surface area contributed by atoms with Gasteiger partial charge >= 0.3 is 5.97 Å². The molecule has 6 nitrogen and oxygen atoms in total. The van der Waals surface area contributed by atoms with Crippen molar-refractivity contribution in [2.24, 2.45) is 5.73 Å². The number of rotatable bonds is 3. The van der Waals surface area contributed by atoms with Crippen molar-refractivity contribution in [3.05, 3.63) is 11.7 Å². The summed E-state index contributed by atoms with van der Waals surface area (Å²) >= 11 is 0. The maximum atomic E-state index is 11.5. The number of ether oxygens (including phenoxy) is 1. The molecule has 0 amide bonds.